The van der Waals surface area contributed by atoms with Crippen LogP contribution in [0.2, 0.25) is 0 Å². The van der Waals surface area contributed by atoms with E-state index in [-0.39, 0.29) is 11.5 Å². The Morgan fingerprint density at radius 2 is 1.91 bits per heavy atom. The van der Waals surface area contributed by atoms with Crippen molar-refractivity contribution >= 4 is 17.3 Å². The molecule has 2 aromatic rings. The van der Waals surface area contributed by atoms with Gasteiger partial charge in [-0.25, -0.2) is 0 Å². The molecular weight excluding hydrogens is 278 g/mol. The van der Waals surface area contributed by atoms with Gasteiger partial charge in [0, 0.05) is 23.6 Å². The van der Waals surface area contributed by atoms with Crippen molar-refractivity contribution in [2.45, 2.75) is 0 Å². The number of hydrogen-bond acceptors (Lipinski definition) is 5. The Labute approximate surface area is 127 Å². The maximum atomic E-state index is 12.1. The van der Waals surface area contributed by atoms with Crippen LogP contribution in [0.3, 0.4) is 0 Å². The highest BCUT2D eigenvalue weighted by Gasteiger charge is 2.06. The fourth-order valence-corrected chi connectivity index (χ4v) is 1.64. The summed E-state index contributed by atoms with van der Waals surface area (Å²) in [7, 11) is 0. The molecule has 1 aromatic heterocycles. The summed E-state index contributed by atoms with van der Waals surface area (Å²) >= 11 is 0. The molecule has 1 amide bonds. The lowest BCUT2D eigenvalue weighted by molar-refractivity contribution is 0.102. The number of hydrogen-bond donors (Lipinski definition) is 2. The molecule has 0 unspecified atom stereocenters. The van der Waals surface area contributed by atoms with Crippen LogP contribution in [0.1, 0.15) is 10.4 Å². The monoisotopic (exact) mass is 289 g/mol. The highest BCUT2D eigenvalue weighted by molar-refractivity contribution is 6.04. The first-order valence-electron chi connectivity index (χ1n) is 6.31. The van der Waals surface area contributed by atoms with Crippen molar-refractivity contribution in [1.82, 2.24) is 4.98 Å². The van der Waals surface area contributed by atoms with Gasteiger partial charge in [0.15, 0.2) is 0 Å². The van der Waals surface area contributed by atoms with Crippen LogP contribution >= 0.6 is 0 Å². The van der Waals surface area contributed by atoms with Crippen molar-refractivity contribution in [3.05, 3.63) is 66.1 Å². The first-order chi connectivity index (χ1) is 10.7. The number of aromatic nitrogens is 1. The molecule has 0 atom stereocenters. The van der Waals surface area contributed by atoms with Gasteiger partial charge in [0.1, 0.15) is 17.7 Å². The number of carbonyl (C=O) groups excluding carboxylic acids is 1. The van der Waals surface area contributed by atoms with E-state index in [2.05, 4.69) is 15.6 Å². The standard InChI is InChI=1S/C16H11N5O/c17-8-12(9-18)10-20-14-4-1-3-13(7-14)16(22)21-15-5-2-6-19-11-15/h1-7,10-11,20H,(H,21,22). The van der Waals surface area contributed by atoms with Gasteiger partial charge < -0.3 is 10.6 Å². The number of amides is 1. The first-order valence-corrected chi connectivity index (χ1v) is 6.31. The molecule has 0 saturated heterocycles. The predicted octanol–water partition coefficient (Wildman–Crippen LogP) is 2.68. The number of allylic oxidation sites excluding steroid dienone is 1. The van der Waals surface area contributed by atoms with Gasteiger partial charge in [-0.15, -0.1) is 0 Å². The van der Waals surface area contributed by atoms with Crippen LogP contribution in [-0.4, -0.2) is 10.9 Å². The van der Waals surface area contributed by atoms with Crippen LogP contribution in [0.15, 0.2) is 60.6 Å². The van der Waals surface area contributed by atoms with Crippen molar-refractivity contribution in [3.8, 4) is 12.1 Å². The minimum atomic E-state index is -0.276. The molecule has 0 spiro atoms. The minimum absolute atomic E-state index is 0.0507. The van der Waals surface area contributed by atoms with E-state index in [4.69, 9.17) is 10.5 Å². The highest BCUT2D eigenvalue weighted by Crippen LogP contribution is 2.13. The van der Waals surface area contributed by atoms with Gasteiger partial charge in [-0.1, -0.05) is 6.07 Å². The molecular formula is C16H11N5O. The largest absolute Gasteiger partial charge is 0.360 e. The number of nitrogens with one attached hydrogen (secondary N) is 2. The normalized spacial score (nSPS) is 9.00. The topological polar surface area (TPSA) is 102 Å². The summed E-state index contributed by atoms with van der Waals surface area (Å²) in [5.41, 5.74) is 1.59. The molecule has 0 radical (unpaired) electrons. The van der Waals surface area contributed by atoms with E-state index in [1.807, 2.05) is 0 Å². The van der Waals surface area contributed by atoms with E-state index < -0.39 is 0 Å². The summed E-state index contributed by atoms with van der Waals surface area (Å²) in [4.78, 5) is 16.1. The van der Waals surface area contributed by atoms with Gasteiger partial charge in [0.2, 0.25) is 0 Å². The summed E-state index contributed by atoms with van der Waals surface area (Å²) in [6, 6.07) is 13.7. The average molecular weight is 289 g/mol. The molecule has 0 aliphatic rings. The number of nitriles is 2. The van der Waals surface area contributed by atoms with E-state index in [0.29, 0.717) is 16.9 Å². The molecule has 22 heavy (non-hydrogen) atoms. The summed E-state index contributed by atoms with van der Waals surface area (Å²) in [6.07, 6.45) is 4.46. The maximum absolute atomic E-state index is 12.1. The molecule has 6 heteroatoms. The van der Waals surface area contributed by atoms with Gasteiger partial charge in [0.05, 0.1) is 11.9 Å². The number of benzene rings is 1. The van der Waals surface area contributed by atoms with Crippen molar-refractivity contribution in [1.29, 1.82) is 10.5 Å². The van der Waals surface area contributed by atoms with Crippen LogP contribution in [-0.2, 0) is 0 Å². The lowest BCUT2D eigenvalue weighted by Crippen LogP contribution is -2.12. The molecule has 0 saturated carbocycles. The molecule has 1 aromatic carbocycles. The van der Waals surface area contributed by atoms with Gasteiger partial charge in [-0.05, 0) is 30.3 Å². The molecule has 1 heterocycles. The van der Waals surface area contributed by atoms with Crippen LogP contribution in [0.5, 0.6) is 0 Å². The summed E-state index contributed by atoms with van der Waals surface area (Å²) in [6.45, 7) is 0. The van der Waals surface area contributed by atoms with Gasteiger partial charge >= 0.3 is 0 Å². The molecule has 2 rings (SSSR count). The maximum Gasteiger partial charge on any atom is 0.255 e. The zero-order valence-corrected chi connectivity index (χ0v) is 11.4. The molecule has 6 nitrogen and oxygen atoms in total. The van der Waals surface area contributed by atoms with E-state index >= 15 is 0 Å². The number of anilines is 2. The van der Waals surface area contributed by atoms with E-state index in [1.54, 1.807) is 60.9 Å². The first kappa shape index (κ1) is 14.8. The number of rotatable bonds is 4. The highest BCUT2D eigenvalue weighted by atomic mass is 16.1. The van der Waals surface area contributed by atoms with Crippen molar-refractivity contribution in [2.75, 3.05) is 10.6 Å². The van der Waals surface area contributed by atoms with Crippen LogP contribution in [0, 0.1) is 22.7 Å². The smallest absolute Gasteiger partial charge is 0.255 e. The fourth-order valence-electron chi connectivity index (χ4n) is 1.64. The molecule has 2 N–H and O–H groups in total. The van der Waals surface area contributed by atoms with E-state index in [9.17, 15) is 4.79 Å². The Bertz CT molecular complexity index is 768. The SMILES string of the molecule is N#CC(C#N)=CNc1cccc(C(=O)Nc2cccnc2)c1. The van der Waals surface area contributed by atoms with Crippen molar-refractivity contribution < 1.29 is 4.79 Å². The Kier molecular flexibility index (Phi) is 4.85. The quantitative estimate of drug-likeness (QED) is 0.842. The number of carbonyl (C=O) groups is 1. The lowest BCUT2D eigenvalue weighted by Gasteiger charge is -2.06. The number of nitrogens with zero attached hydrogens (tertiary/aromatic N) is 3. The molecule has 0 bridgehead atoms. The summed E-state index contributed by atoms with van der Waals surface area (Å²) in [5, 5.41) is 22.8. The second kappa shape index (κ2) is 7.22. The third-order valence-corrected chi connectivity index (χ3v) is 2.67. The van der Waals surface area contributed by atoms with Crippen LogP contribution < -0.4 is 10.6 Å². The van der Waals surface area contributed by atoms with Crippen molar-refractivity contribution in [3.63, 3.8) is 0 Å². The summed E-state index contributed by atoms with van der Waals surface area (Å²) < 4.78 is 0. The Hall–Kier alpha value is -3.64. The van der Waals surface area contributed by atoms with Crippen LogP contribution in [0.25, 0.3) is 0 Å². The molecule has 0 aliphatic carbocycles. The molecule has 106 valence electrons. The molecule has 0 fully saturated rings. The third kappa shape index (κ3) is 3.92. The average Bonchev–Trinajstić information content (AvgIpc) is 2.57. The second-order valence-corrected chi connectivity index (χ2v) is 4.20. The summed E-state index contributed by atoms with van der Waals surface area (Å²) in [5.74, 6) is -0.276. The Morgan fingerprint density at radius 3 is 2.59 bits per heavy atom. The Morgan fingerprint density at radius 1 is 1.14 bits per heavy atom. The lowest BCUT2D eigenvalue weighted by atomic mass is 10.2. The van der Waals surface area contributed by atoms with Gasteiger partial charge in [0.25, 0.3) is 5.91 Å². The molecule has 0 aliphatic heterocycles. The van der Waals surface area contributed by atoms with E-state index in [0.717, 1.165) is 0 Å². The zero-order chi connectivity index (χ0) is 15.8. The minimum Gasteiger partial charge on any atom is -0.360 e. The van der Waals surface area contributed by atoms with E-state index in [1.165, 1.54) is 6.20 Å². The fraction of sp³-hybridized carbons (Fsp3) is 0. The second-order valence-electron chi connectivity index (χ2n) is 4.20. The van der Waals surface area contributed by atoms with Crippen molar-refractivity contribution in [2.24, 2.45) is 0 Å². The Balaban J connectivity index is 2.12. The zero-order valence-electron chi connectivity index (χ0n) is 11.4. The van der Waals surface area contributed by atoms with Crippen LogP contribution in [0.4, 0.5) is 11.4 Å². The predicted molar refractivity (Wildman–Crippen MR) is 81.6 cm³/mol. The van der Waals surface area contributed by atoms with Gasteiger partial charge in [-0.2, -0.15) is 10.5 Å². The third-order valence-electron chi connectivity index (χ3n) is 2.67. The number of pyridine rings is 1. The van der Waals surface area contributed by atoms with Gasteiger partial charge in [-0.3, -0.25) is 9.78 Å².